The molecule has 1 unspecified atom stereocenters. The van der Waals surface area contributed by atoms with Gasteiger partial charge in [-0.25, -0.2) is 4.79 Å². The lowest BCUT2D eigenvalue weighted by Crippen LogP contribution is -2.41. The van der Waals surface area contributed by atoms with Crippen molar-refractivity contribution in [3.05, 3.63) is 44.5 Å². The van der Waals surface area contributed by atoms with Gasteiger partial charge in [0.05, 0.1) is 5.57 Å². The minimum Gasteiger partial charge on any atom is -0.475 e. The van der Waals surface area contributed by atoms with Crippen molar-refractivity contribution in [3.8, 4) is 5.75 Å². The first-order chi connectivity index (χ1) is 13.1. The second kappa shape index (κ2) is 9.18. The summed E-state index contributed by atoms with van der Waals surface area (Å²) in [4.78, 5) is 26.3. The molecule has 154 valence electrons. The summed E-state index contributed by atoms with van der Waals surface area (Å²) in [7, 11) is 0. The number of hydrogen-bond acceptors (Lipinski definition) is 7. The lowest BCUT2D eigenvalue weighted by Gasteiger charge is -2.29. The highest BCUT2D eigenvalue weighted by atomic mass is 32.2. The summed E-state index contributed by atoms with van der Waals surface area (Å²) in [6, 6.07) is 3.33. The van der Waals surface area contributed by atoms with Crippen LogP contribution >= 0.6 is 11.8 Å². The molecular formula is C17H18F3NO6S. The minimum absolute atomic E-state index is 0.0887. The molecule has 0 bridgehead atoms. The highest BCUT2D eigenvalue weighted by Gasteiger charge is 2.49. The van der Waals surface area contributed by atoms with Crippen molar-refractivity contribution in [2.45, 2.75) is 26.1 Å². The first-order valence-electron chi connectivity index (χ1n) is 8.18. The number of rotatable bonds is 8. The third-order valence-electron chi connectivity index (χ3n) is 3.70. The second-order valence-corrected chi connectivity index (χ2v) is 7.17. The number of nitrogens with zero attached hydrogens (tertiary/aromatic N) is 1. The number of alkyl halides is 3. The maximum Gasteiger partial charge on any atom is 0.430 e. The average Bonchev–Trinajstić information content (AvgIpc) is 2.58. The largest absolute Gasteiger partial charge is 0.475 e. The van der Waals surface area contributed by atoms with Crippen LogP contribution in [0.2, 0.25) is 0 Å². The molecule has 1 heterocycles. The molecule has 0 spiro atoms. The molecule has 1 aliphatic rings. The average molecular weight is 421 g/mol. The lowest BCUT2D eigenvalue weighted by atomic mass is 9.97. The Morgan fingerprint density at radius 3 is 2.61 bits per heavy atom. The zero-order valence-corrected chi connectivity index (χ0v) is 15.9. The Hall–Kier alpha value is -2.43. The van der Waals surface area contributed by atoms with E-state index in [2.05, 4.69) is 4.84 Å². The summed E-state index contributed by atoms with van der Waals surface area (Å²) < 4.78 is 50.3. The number of esters is 1. The van der Waals surface area contributed by atoms with Gasteiger partial charge in [0.15, 0.2) is 0 Å². The van der Waals surface area contributed by atoms with Gasteiger partial charge in [-0.15, -0.1) is 10.1 Å². The van der Waals surface area contributed by atoms with Gasteiger partial charge in [-0.2, -0.15) is 24.9 Å². The van der Waals surface area contributed by atoms with Crippen molar-refractivity contribution in [2.75, 3.05) is 24.7 Å². The van der Waals surface area contributed by atoms with Gasteiger partial charge in [0.2, 0.25) is 6.10 Å². The predicted octanol–water partition coefficient (Wildman–Crippen LogP) is 3.49. The van der Waals surface area contributed by atoms with E-state index in [0.717, 1.165) is 11.6 Å². The Morgan fingerprint density at radius 1 is 1.29 bits per heavy atom. The standard InChI is InChI=1S/C17H18F3NO6S/c1-10-7-11(2)14-12(8-10)9-13(15(27-14)17(18,19)20)16(22)25-3-5-28-6-4-26-21(23)24/h7-9,15H,3-6H2,1-2H3. The normalized spacial score (nSPS) is 15.9. The minimum atomic E-state index is -4.78. The van der Waals surface area contributed by atoms with Gasteiger partial charge >= 0.3 is 12.1 Å². The third kappa shape index (κ3) is 5.78. The maximum atomic E-state index is 13.4. The Balaban J connectivity index is 2.04. The summed E-state index contributed by atoms with van der Waals surface area (Å²) in [5.74, 6) is -0.492. The fraction of sp³-hybridized carbons (Fsp3) is 0.471. The van der Waals surface area contributed by atoms with Crippen LogP contribution in [0.15, 0.2) is 17.7 Å². The number of halogens is 3. The number of carbonyl (C=O) groups is 1. The smallest absolute Gasteiger partial charge is 0.430 e. The van der Waals surface area contributed by atoms with E-state index in [9.17, 15) is 28.1 Å². The fourth-order valence-corrected chi connectivity index (χ4v) is 3.24. The molecule has 0 aliphatic carbocycles. The van der Waals surface area contributed by atoms with Crippen molar-refractivity contribution in [1.29, 1.82) is 0 Å². The number of carbonyl (C=O) groups excluding carboxylic acids is 1. The fourth-order valence-electron chi connectivity index (χ4n) is 2.64. The summed E-state index contributed by atoms with van der Waals surface area (Å²) in [5.41, 5.74) is 1.13. The molecule has 1 aromatic rings. The molecule has 0 radical (unpaired) electrons. The zero-order valence-electron chi connectivity index (χ0n) is 15.1. The van der Waals surface area contributed by atoms with Crippen LogP contribution in [-0.2, 0) is 14.4 Å². The summed E-state index contributed by atoms with van der Waals surface area (Å²) >= 11 is 1.20. The molecule has 7 nitrogen and oxygen atoms in total. The quantitative estimate of drug-likeness (QED) is 0.275. The van der Waals surface area contributed by atoms with Gasteiger partial charge in [0.1, 0.15) is 19.0 Å². The van der Waals surface area contributed by atoms with Gasteiger partial charge in [0.25, 0.3) is 5.09 Å². The highest BCUT2D eigenvalue weighted by molar-refractivity contribution is 7.99. The van der Waals surface area contributed by atoms with E-state index in [-0.39, 0.29) is 30.5 Å². The Labute approximate surface area is 162 Å². The number of thioether (sulfide) groups is 1. The van der Waals surface area contributed by atoms with E-state index < -0.39 is 28.9 Å². The van der Waals surface area contributed by atoms with Gasteiger partial charge in [-0.3, -0.25) is 0 Å². The van der Waals surface area contributed by atoms with Gasteiger partial charge in [0, 0.05) is 17.1 Å². The third-order valence-corrected chi connectivity index (χ3v) is 4.61. The van der Waals surface area contributed by atoms with Gasteiger partial charge < -0.3 is 14.3 Å². The molecule has 11 heteroatoms. The molecule has 2 rings (SSSR count). The van der Waals surface area contributed by atoms with E-state index in [4.69, 9.17) is 9.47 Å². The second-order valence-electron chi connectivity index (χ2n) is 5.94. The summed E-state index contributed by atoms with van der Waals surface area (Å²) in [6.07, 6.45) is -6.04. The number of ether oxygens (including phenoxy) is 2. The van der Waals surface area contributed by atoms with Crippen LogP contribution in [0.3, 0.4) is 0 Å². The van der Waals surface area contributed by atoms with Crippen molar-refractivity contribution in [2.24, 2.45) is 0 Å². The van der Waals surface area contributed by atoms with Gasteiger partial charge in [-0.1, -0.05) is 11.6 Å². The van der Waals surface area contributed by atoms with Crippen molar-refractivity contribution >= 4 is 23.8 Å². The summed E-state index contributed by atoms with van der Waals surface area (Å²) in [6.45, 7) is 3.14. The van der Waals surface area contributed by atoms with Crippen molar-refractivity contribution in [3.63, 3.8) is 0 Å². The molecule has 0 aromatic heterocycles. The lowest BCUT2D eigenvalue weighted by molar-refractivity contribution is -0.756. The van der Waals surface area contributed by atoms with E-state index in [1.54, 1.807) is 26.0 Å². The number of aryl methyl sites for hydroxylation is 2. The monoisotopic (exact) mass is 421 g/mol. The Bertz CT molecular complexity index is 781. The molecule has 0 fully saturated rings. The topological polar surface area (TPSA) is 87.9 Å². The Morgan fingerprint density at radius 2 is 1.96 bits per heavy atom. The molecule has 0 amide bonds. The highest BCUT2D eigenvalue weighted by Crippen LogP contribution is 2.39. The van der Waals surface area contributed by atoms with Crippen molar-refractivity contribution in [1.82, 2.24) is 0 Å². The molecule has 1 aliphatic heterocycles. The number of hydrogen-bond donors (Lipinski definition) is 0. The molecule has 0 N–H and O–H groups in total. The number of fused-ring (bicyclic) bond motifs is 1. The van der Waals surface area contributed by atoms with Crippen LogP contribution in [0.25, 0.3) is 6.08 Å². The van der Waals surface area contributed by atoms with Crippen LogP contribution in [0.5, 0.6) is 5.75 Å². The molecule has 1 atom stereocenters. The zero-order chi connectivity index (χ0) is 20.9. The van der Waals surface area contributed by atoms with E-state index in [1.807, 2.05) is 0 Å². The molecule has 0 saturated heterocycles. The summed E-state index contributed by atoms with van der Waals surface area (Å²) in [5, 5.41) is 9.07. The van der Waals surface area contributed by atoms with Crippen LogP contribution in [0.4, 0.5) is 13.2 Å². The van der Waals surface area contributed by atoms with Crippen LogP contribution in [0.1, 0.15) is 16.7 Å². The Kier molecular flexibility index (Phi) is 7.17. The first-order valence-corrected chi connectivity index (χ1v) is 9.33. The SMILES string of the molecule is Cc1cc(C)c2c(c1)C=C(C(=O)OCCSCCO[N+](=O)[O-])C(C(F)(F)F)O2. The maximum absolute atomic E-state index is 13.4. The first kappa shape index (κ1) is 21.9. The van der Waals surface area contributed by atoms with E-state index in [0.29, 0.717) is 11.1 Å². The molecular weight excluding hydrogens is 403 g/mol. The molecule has 1 aromatic carbocycles. The van der Waals surface area contributed by atoms with Crippen LogP contribution in [-0.4, -0.2) is 48.1 Å². The number of benzene rings is 1. The van der Waals surface area contributed by atoms with Gasteiger partial charge in [-0.05, 0) is 31.6 Å². The van der Waals surface area contributed by atoms with E-state index in [1.165, 1.54) is 11.8 Å². The van der Waals surface area contributed by atoms with Crippen molar-refractivity contribution < 1.29 is 37.4 Å². The van der Waals surface area contributed by atoms with Crippen LogP contribution < -0.4 is 4.74 Å². The van der Waals surface area contributed by atoms with E-state index >= 15 is 0 Å². The predicted molar refractivity (Wildman–Crippen MR) is 95.6 cm³/mol. The van der Waals surface area contributed by atoms with Crippen LogP contribution in [0, 0.1) is 24.0 Å². The molecule has 28 heavy (non-hydrogen) atoms. The molecule has 0 saturated carbocycles.